The maximum Gasteiger partial charge on any atom is 0.461 e. The summed E-state index contributed by atoms with van der Waals surface area (Å²) in [7, 11) is 0. The Kier molecular flexibility index (Phi) is 3.30. The molecule has 0 N–H and O–H groups in total. The van der Waals surface area contributed by atoms with Crippen LogP contribution in [-0.4, -0.2) is 16.1 Å². The lowest BCUT2D eigenvalue weighted by atomic mass is 10.2. The van der Waals surface area contributed by atoms with Gasteiger partial charge in [-0.15, -0.1) is 0 Å². The van der Waals surface area contributed by atoms with Crippen molar-refractivity contribution in [3.05, 3.63) is 34.2 Å². The van der Waals surface area contributed by atoms with Gasteiger partial charge >= 0.3 is 12.1 Å². The fourth-order valence-electron chi connectivity index (χ4n) is 1.33. The normalized spacial score (nSPS) is 13.0. The largest absolute Gasteiger partial charge is 0.461 e. The van der Waals surface area contributed by atoms with Crippen LogP contribution >= 0.6 is 23.2 Å². The molecule has 1 aromatic carbocycles. The van der Waals surface area contributed by atoms with Gasteiger partial charge in [0.15, 0.2) is 0 Å². The van der Waals surface area contributed by atoms with Crippen molar-refractivity contribution in [1.29, 1.82) is 0 Å². The van der Waals surface area contributed by atoms with Crippen LogP contribution in [0.25, 0.3) is 10.9 Å². The summed E-state index contributed by atoms with van der Waals surface area (Å²) in [4.78, 5) is 6.20. The van der Waals surface area contributed by atoms with E-state index in [0.29, 0.717) is 0 Å². The second-order valence-corrected chi connectivity index (χ2v) is 4.37. The molecule has 2 rings (SSSR count). The van der Waals surface area contributed by atoms with Crippen molar-refractivity contribution >= 4 is 34.1 Å². The summed E-state index contributed by atoms with van der Waals surface area (Å²) < 4.78 is 63.0. The van der Waals surface area contributed by atoms with Gasteiger partial charge in [-0.2, -0.15) is 22.0 Å². The van der Waals surface area contributed by atoms with Gasteiger partial charge in [-0.05, 0) is 18.2 Å². The second kappa shape index (κ2) is 4.42. The molecule has 0 radical (unpaired) electrons. The number of benzene rings is 1. The molecule has 0 amide bonds. The molecule has 19 heavy (non-hydrogen) atoms. The number of hydrogen-bond acceptors (Lipinski definition) is 2. The summed E-state index contributed by atoms with van der Waals surface area (Å²) in [5, 5.41) is -0.239. The first-order valence-corrected chi connectivity index (χ1v) is 5.46. The third kappa shape index (κ3) is 2.44. The lowest BCUT2D eigenvalue weighted by Gasteiger charge is -2.18. The zero-order valence-electron chi connectivity index (χ0n) is 8.77. The molecule has 1 aromatic heterocycles. The van der Waals surface area contributed by atoms with E-state index in [0.717, 1.165) is 6.07 Å². The molecule has 2 nitrogen and oxygen atoms in total. The van der Waals surface area contributed by atoms with E-state index in [1.54, 1.807) is 0 Å². The highest BCUT2D eigenvalue weighted by Crippen LogP contribution is 2.43. The minimum atomic E-state index is -5.80. The molecule has 0 aliphatic carbocycles. The van der Waals surface area contributed by atoms with Gasteiger partial charge in [0.2, 0.25) is 5.82 Å². The SMILES string of the molecule is FC(F)(F)C(F)(F)c1nc(Cl)c2ccc(Cl)cc2n1. The Morgan fingerprint density at radius 1 is 0.947 bits per heavy atom. The summed E-state index contributed by atoms with van der Waals surface area (Å²) in [6.45, 7) is 0. The van der Waals surface area contributed by atoms with E-state index in [1.165, 1.54) is 12.1 Å². The van der Waals surface area contributed by atoms with Crippen LogP contribution in [-0.2, 0) is 5.92 Å². The standard InChI is InChI=1S/C10H3Cl2F5N2/c11-4-1-2-5-6(3-4)18-8(19-7(5)12)9(13,14)10(15,16)17/h1-3H. The predicted molar refractivity (Wildman–Crippen MR) is 59.5 cm³/mol. The molecule has 0 aliphatic rings. The first-order chi connectivity index (χ1) is 8.63. The predicted octanol–water partition coefficient (Wildman–Crippen LogP) is 4.59. The van der Waals surface area contributed by atoms with Gasteiger partial charge < -0.3 is 0 Å². The van der Waals surface area contributed by atoms with Crippen molar-refractivity contribution in [2.24, 2.45) is 0 Å². The van der Waals surface area contributed by atoms with Crippen LogP contribution in [0, 0.1) is 0 Å². The Hall–Kier alpha value is -1.21. The summed E-state index contributed by atoms with van der Waals surface area (Å²) in [6, 6.07) is 3.84. The van der Waals surface area contributed by atoms with Crippen LogP contribution in [0.3, 0.4) is 0 Å². The first-order valence-electron chi connectivity index (χ1n) is 4.71. The van der Waals surface area contributed by atoms with E-state index < -0.39 is 23.1 Å². The molecule has 102 valence electrons. The van der Waals surface area contributed by atoms with Crippen LogP contribution in [0.2, 0.25) is 10.2 Å². The molecule has 9 heteroatoms. The van der Waals surface area contributed by atoms with Gasteiger partial charge in [0, 0.05) is 10.4 Å². The van der Waals surface area contributed by atoms with Gasteiger partial charge in [0.1, 0.15) is 5.15 Å². The summed E-state index contributed by atoms with van der Waals surface area (Å²) in [6.07, 6.45) is -5.80. The molecule has 0 aliphatic heterocycles. The van der Waals surface area contributed by atoms with Gasteiger partial charge in [-0.1, -0.05) is 23.2 Å². The number of fused-ring (bicyclic) bond motifs is 1. The van der Waals surface area contributed by atoms with Crippen molar-refractivity contribution < 1.29 is 22.0 Å². The van der Waals surface area contributed by atoms with Gasteiger partial charge in [-0.25, -0.2) is 9.97 Å². The van der Waals surface area contributed by atoms with Crippen molar-refractivity contribution in [1.82, 2.24) is 9.97 Å². The summed E-state index contributed by atoms with van der Waals surface area (Å²) in [5.41, 5.74) is -0.188. The minimum absolute atomic E-state index is 0.128. The number of nitrogens with zero attached hydrogens (tertiary/aromatic N) is 2. The molecule has 0 saturated carbocycles. The van der Waals surface area contributed by atoms with Crippen molar-refractivity contribution in [3.63, 3.8) is 0 Å². The monoisotopic (exact) mass is 316 g/mol. The second-order valence-electron chi connectivity index (χ2n) is 3.57. The van der Waals surface area contributed by atoms with Crippen LogP contribution in [0.15, 0.2) is 18.2 Å². The Morgan fingerprint density at radius 2 is 1.58 bits per heavy atom. The van der Waals surface area contributed by atoms with Gasteiger partial charge in [-0.3, -0.25) is 0 Å². The highest BCUT2D eigenvalue weighted by molar-refractivity contribution is 6.35. The van der Waals surface area contributed by atoms with Crippen molar-refractivity contribution in [3.8, 4) is 0 Å². The van der Waals surface area contributed by atoms with E-state index in [9.17, 15) is 22.0 Å². The first kappa shape index (κ1) is 14.2. The average Bonchev–Trinajstić information content (AvgIpc) is 2.26. The number of halogens is 7. The number of alkyl halides is 5. The molecule has 1 heterocycles. The smallest absolute Gasteiger partial charge is 0.227 e. The topological polar surface area (TPSA) is 25.8 Å². The van der Waals surface area contributed by atoms with E-state index >= 15 is 0 Å². The molecule has 0 spiro atoms. The zero-order chi connectivity index (χ0) is 14.4. The van der Waals surface area contributed by atoms with Crippen LogP contribution in [0.1, 0.15) is 5.82 Å². The highest BCUT2D eigenvalue weighted by atomic mass is 35.5. The van der Waals surface area contributed by atoms with E-state index in [1.807, 2.05) is 0 Å². The lowest BCUT2D eigenvalue weighted by molar-refractivity contribution is -0.292. The quantitative estimate of drug-likeness (QED) is 0.568. The van der Waals surface area contributed by atoms with Crippen LogP contribution in [0.4, 0.5) is 22.0 Å². The molecular weight excluding hydrogens is 314 g/mol. The number of hydrogen-bond donors (Lipinski definition) is 0. The zero-order valence-corrected chi connectivity index (χ0v) is 10.3. The fourth-order valence-corrected chi connectivity index (χ4v) is 1.74. The van der Waals surface area contributed by atoms with Crippen molar-refractivity contribution in [2.75, 3.05) is 0 Å². The maximum atomic E-state index is 13.1. The van der Waals surface area contributed by atoms with Gasteiger partial charge in [0.25, 0.3) is 0 Å². The fraction of sp³-hybridized carbons (Fsp3) is 0.200. The third-order valence-electron chi connectivity index (χ3n) is 2.25. The van der Waals surface area contributed by atoms with Crippen LogP contribution in [0.5, 0.6) is 0 Å². The maximum absolute atomic E-state index is 13.1. The lowest BCUT2D eigenvalue weighted by Crippen LogP contribution is -2.35. The molecule has 0 fully saturated rings. The number of aromatic nitrogens is 2. The third-order valence-corrected chi connectivity index (χ3v) is 2.77. The number of rotatable bonds is 1. The molecule has 2 aromatic rings. The van der Waals surface area contributed by atoms with Crippen LogP contribution < -0.4 is 0 Å². The van der Waals surface area contributed by atoms with Crippen molar-refractivity contribution in [2.45, 2.75) is 12.1 Å². The molecule has 0 atom stereocenters. The molecule has 0 bridgehead atoms. The van der Waals surface area contributed by atoms with Gasteiger partial charge in [0.05, 0.1) is 5.52 Å². The summed E-state index contributed by atoms with van der Waals surface area (Å²) in [5.74, 6) is -6.90. The Morgan fingerprint density at radius 3 is 2.16 bits per heavy atom. The van der Waals surface area contributed by atoms with E-state index in [4.69, 9.17) is 23.2 Å². The average molecular weight is 317 g/mol. The van der Waals surface area contributed by atoms with E-state index in [-0.39, 0.29) is 15.9 Å². The Labute approximate surface area is 113 Å². The Balaban J connectivity index is 2.70. The van der Waals surface area contributed by atoms with E-state index in [2.05, 4.69) is 9.97 Å². The highest BCUT2D eigenvalue weighted by Gasteiger charge is 2.61. The summed E-state index contributed by atoms with van der Waals surface area (Å²) >= 11 is 11.2. The minimum Gasteiger partial charge on any atom is -0.227 e. The Bertz CT molecular complexity index is 642. The molecule has 0 saturated heterocycles. The molecule has 0 unspecified atom stereocenters. The molecular formula is C10H3Cl2F5N2.